The highest BCUT2D eigenvalue weighted by atomic mass is 19.1. The highest BCUT2D eigenvalue weighted by Crippen LogP contribution is 2.24. The molecule has 2 aromatic rings. The van der Waals surface area contributed by atoms with Gasteiger partial charge in [0.1, 0.15) is 5.82 Å². The second-order valence-electron chi connectivity index (χ2n) is 4.14. The van der Waals surface area contributed by atoms with E-state index in [-0.39, 0.29) is 5.69 Å². The fourth-order valence-corrected chi connectivity index (χ4v) is 1.70. The van der Waals surface area contributed by atoms with E-state index in [1.165, 1.54) is 18.2 Å². The lowest BCUT2D eigenvalue weighted by molar-refractivity contribution is 0.112. The first-order valence-corrected chi connectivity index (χ1v) is 5.66. The van der Waals surface area contributed by atoms with Crippen molar-refractivity contribution < 1.29 is 9.18 Å². The molecule has 19 heavy (non-hydrogen) atoms. The van der Waals surface area contributed by atoms with Gasteiger partial charge in [0.05, 0.1) is 23.0 Å². The quantitative estimate of drug-likeness (QED) is 0.852. The second kappa shape index (κ2) is 5.32. The van der Waals surface area contributed by atoms with Gasteiger partial charge in [-0.25, -0.2) is 4.39 Å². The van der Waals surface area contributed by atoms with E-state index < -0.39 is 5.82 Å². The summed E-state index contributed by atoms with van der Waals surface area (Å²) in [6.07, 6.45) is 0.662. The van der Waals surface area contributed by atoms with Gasteiger partial charge in [0.2, 0.25) is 0 Å². The molecule has 3 nitrogen and oxygen atoms in total. The molecule has 0 amide bonds. The molecule has 2 rings (SSSR count). The Labute approximate surface area is 110 Å². The molecule has 0 aliphatic carbocycles. The van der Waals surface area contributed by atoms with Crippen LogP contribution in [-0.2, 0) is 0 Å². The van der Waals surface area contributed by atoms with Gasteiger partial charge in [0.25, 0.3) is 0 Å². The monoisotopic (exact) mass is 254 g/mol. The number of aldehydes is 1. The van der Waals surface area contributed by atoms with Gasteiger partial charge in [0.15, 0.2) is 6.29 Å². The maximum atomic E-state index is 13.7. The van der Waals surface area contributed by atoms with E-state index in [9.17, 15) is 9.18 Å². The number of anilines is 2. The number of carbonyl (C=O) groups excluding carboxylic acids is 1. The van der Waals surface area contributed by atoms with E-state index in [1.807, 2.05) is 6.07 Å². The predicted octanol–water partition coefficient (Wildman–Crippen LogP) is 3.56. The third-order valence-electron chi connectivity index (χ3n) is 2.70. The summed E-state index contributed by atoms with van der Waals surface area (Å²) in [7, 11) is 0. The molecule has 0 heterocycles. The number of carbonyl (C=O) groups is 1. The molecule has 0 spiro atoms. The minimum Gasteiger partial charge on any atom is -0.353 e. The van der Waals surface area contributed by atoms with Crippen molar-refractivity contribution in [2.45, 2.75) is 6.92 Å². The number of aryl methyl sites for hydroxylation is 1. The van der Waals surface area contributed by atoms with Crippen LogP contribution in [0.15, 0.2) is 36.4 Å². The summed E-state index contributed by atoms with van der Waals surface area (Å²) in [4.78, 5) is 10.9. The van der Waals surface area contributed by atoms with Crippen LogP contribution >= 0.6 is 0 Å². The molecule has 0 unspecified atom stereocenters. The summed E-state index contributed by atoms with van der Waals surface area (Å²) in [5, 5.41) is 11.7. The Balaban J connectivity index is 2.42. The number of halogens is 1. The predicted molar refractivity (Wildman–Crippen MR) is 71.0 cm³/mol. The average Bonchev–Trinajstić information content (AvgIpc) is 2.41. The number of nitrogens with zero attached hydrogens (tertiary/aromatic N) is 1. The third-order valence-corrected chi connectivity index (χ3v) is 2.70. The standard InChI is InChI=1S/C15H11FN2O/c1-10-2-5-14(13(16)6-10)18-15-7-11(8-17)3-4-12(15)9-19/h2-7,9,18H,1H3. The largest absolute Gasteiger partial charge is 0.353 e. The van der Waals surface area contributed by atoms with Gasteiger partial charge in [-0.2, -0.15) is 5.26 Å². The van der Waals surface area contributed by atoms with Gasteiger partial charge in [-0.05, 0) is 42.8 Å². The molecule has 0 bridgehead atoms. The zero-order chi connectivity index (χ0) is 13.8. The molecule has 0 fully saturated rings. The van der Waals surface area contributed by atoms with Crippen LogP contribution in [0.25, 0.3) is 0 Å². The number of hydrogen-bond acceptors (Lipinski definition) is 3. The first-order valence-electron chi connectivity index (χ1n) is 5.66. The fraction of sp³-hybridized carbons (Fsp3) is 0.0667. The third kappa shape index (κ3) is 2.78. The van der Waals surface area contributed by atoms with Gasteiger partial charge >= 0.3 is 0 Å². The van der Waals surface area contributed by atoms with Gasteiger partial charge in [0, 0.05) is 5.56 Å². The molecule has 2 aromatic carbocycles. The van der Waals surface area contributed by atoms with Crippen LogP contribution in [0.3, 0.4) is 0 Å². The number of hydrogen-bond donors (Lipinski definition) is 1. The van der Waals surface area contributed by atoms with Crippen molar-refractivity contribution in [2.75, 3.05) is 5.32 Å². The smallest absolute Gasteiger partial charge is 0.152 e. The molecule has 0 aliphatic rings. The lowest BCUT2D eigenvalue weighted by Gasteiger charge is -2.10. The summed E-state index contributed by atoms with van der Waals surface area (Å²) < 4.78 is 13.7. The summed E-state index contributed by atoms with van der Waals surface area (Å²) >= 11 is 0. The van der Waals surface area contributed by atoms with E-state index in [2.05, 4.69) is 5.32 Å². The highest BCUT2D eigenvalue weighted by Gasteiger charge is 2.07. The van der Waals surface area contributed by atoms with Crippen LogP contribution < -0.4 is 5.32 Å². The molecule has 0 atom stereocenters. The average molecular weight is 254 g/mol. The molecular formula is C15H11FN2O. The fourth-order valence-electron chi connectivity index (χ4n) is 1.70. The SMILES string of the molecule is Cc1ccc(Nc2cc(C#N)ccc2C=O)c(F)c1. The van der Waals surface area contributed by atoms with E-state index in [1.54, 1.807) is 25.1 Å². The summed E-state index contributed by atoms with van der Waals surface area (Å²) in [5.74, 6) is -0.404. The van der Waals surface area contributed by atoms with Gasteiger partial charge in [-0.1, -0.05) is 6.07 Å². The van der Waals surface area contributed by atoms with Crippen LogP contribution in [0.1, 0.15) is 21.5 Å². The first-order chi connectivity index (χ1) is 9.13. The molecule has 0 aliphatic heterocycles. The van der Waals surface area contributed by atoms with Gasteiger partial charge in [-0.15, -0.1) is 0 Å². The molecule has 0 aromatic heterocycles. The maximum absolute atomic E-state index is 13.7. The van der Waals surface area contributed by atoms with Crippen molar-refractivity contribution in [3.05, 3.63) is 58.9 Å². The molecule has 0 saturated carbocycles. The first kappa shape index (κ1) is 12.8. The lowest BCUT2D eigenvalue weighted by Crippen LogP contribution is -1.98. The number of benzene rings is 2. The second-order valence-corrected chi connectivity index (χ2v) is 4.14. The Kier molecular flexibility index (Phi) is 3.58. The summed E-state index contributed by atoms with van der Waals surface area (Å²) in [6, 6.07) is 11.3. The van der Waals surface area contributed by atoms with Crippen molar-refractivity contribution in [3.8, 4) is 6.07 Å². The van der Waals surface area contributed by atoms with Gasteiger partial charge < -0.3 is 5.32 Å². The summed E-state index contributed by atoms with van der Waals surface area (Å²) in [5.41, 5.74) is 2.27. The van der Waals surface area contributed by atoms with Crippen molar-refractivity contribution in [3.63, 3.8) is 0 Å². The molecular weight excluding hydrogens is 243 g/mol. The van der Waals surface area contributed by atoms with E-state index in [0.717, 1.165) is 5.56 Å². The zero-order valence-corrected chi connectivity index (χ0v) is 10.3. The Bertz CT molecular complexity index is 674. The maximum Gasteiger partial charge on any atom is 0.152 e. The topological polar surface area (TPSA) is 52.9 Å². The van der Waals surface area contributed by atoms with E-state index in [4.69, 9.17) is 5.26 Å². The van der Waals surface area contributed by atoms with Crippen molar-refractivity contribution >= 4 is 17.7 Å². The Morgan fingerprint density at radius 1 is 1.21 bits per heavy atom. The number of nitriles is 1. The Hall–Kier alpha value is -2.67. The van der Waals surface area contributed by atoms with Crippen LogP contribution in [0.4, 0.5) is 15.8 Å². The Morgan fingerprint density at radius 3 is 2.63 bits per heavy atom. The number of nitrogens with one attached hydrogen (secondary N) is 1. The highest BCUT2D eigenvalue weighted by molar-refractivity contribution is 5.86. The molecule has 0 radical (unpaired) electrons. The van der Waals surface area contributed by atoms with E-state index in [0.29, 0.717) is 23.1 Å². The van der Waals surface area contributed by atoms with Gasteiger partial charge in [-0.3, -0.25) is 4.79 Å². The van der Waals surface area contributed by atoms with Crippen molar-refractivity contribution in [1.82, 2.24) is 0 Å². The van der Waals surface area contributed by atoms with Crippen molar-refractivity contribution in [1.29, 1.82) is 5.26 Å². The normalized spacial score (nSPS) is 9.74. The minimum atomic E-state index is -0.404. The lowest BCUT2D eigenvalue weighted by atomic mass is 10.1. The van der Waals surface area contributed by atoms with E-state index >= 15 is 0 Å². The molecule has 94 valence electrons. The van der Waals surface area contributed by atoms with Crippen LogP contribution in [0.5, 0.6) is 0 Å². The van der Waals surface area contributed by atoms with Crippen LogP contribution in [0, 0.1) is 24.1 Å². The van der Waals surface area contributed by atoms with Crippen LogP contribution in [0.2, 0.25) is 0 Å². The number of rotatable bonds is 3. The Morgan fingerprint density at radius 2 is 2.00 bits per heavy atom. The molecule has 4 heteroatoms. The summed E-state index contributed by atoms with van der Waals surface area (Å²) in [6.45, 7) is 1.79. The molecule has 1 N–H and O–H groups in total. The zero-order valence-electron chi connectivity index (χ0n) is 10.3. The molecule has 0 saturated heterocycles. The van der Waals surface area contributed by atoms with Crippen molar-refractivity contribution in [2.24, 2.45) is 0 Å². The van der Waals surface area contributed by atoms with Crippen LogP contribution in [-0.4, -0.2) is 6.29 Å². The minimum absolute atomic E-state index is 0.267.